The van der Waals surface area contributed by atoms with Gasteiger partial charge in [-0.15, -0.1) is 0 Å². The third-order valence-electron chi connectivity index (χ3n) is 3.39. The Kier molecular flexibility index (Phi) is 5.17. The molecule has 0 atom stereocenters. The van der Waals surface area contributed by atoms with E-state index in [1.807, 2.05) is 30.1 Å². The van der Waals surface area contributed by atoms with Crippen molar-refractivity contribution >= 4 is 23.6 Å². The quantitative estimate of drug-likeness (QED) is 0.865. The number of nitrogens with zero attached hydrogens (tertiary/aromatic N) is 2. The molecule has 0 aromatic heterocycles. The van der Waals surface area contributed by atoms with E-state index in [0.717, 1.165) is 37.3 Å². The Morgan fingerprint density at radius 2 is 2.00 bits per heavy atom. The molecule has 0 saturated carbocycles. The maximum Gasteiger partial charge on any atom is 0.258 e. The van der Waals surface area contributed by atoms with Crippen molar-refractivity contribution in [3.05, 3.63) is 40.4 Å². The molecule has 0 bridgehead atoms. The van der Waals surface area contributed by atoms with Gasteiger partial charge in [0.05, 0.1) is 0 Å². The first kappa shape index (κ1) is 15.0. The second-order valence-electron chi connectivity index (χ2n) is 5.11. The Bertz CT molecular complexity index is 508. The van der Waals surface area contributed by atoms with Crippen molar-refractivity contribution < 1.29 is 4.79 Å². The van der Waals surface area contributed by atoms with Gasteiger partial charge in [-0.05, 0) is 37.2 Å². The molecular formula is C15H20ClN3O. The van der Waals surface area contributed by atoms with E-state index in [1.165, 1.54) is 0 Å². The number of likely N-dealkylation sites (N-methyl/N-ethyl adjacent to an activating group) is 1. The molecule has 1 N–H and O–H groups in total. The highest BCUT2D eigenvalue weighted by atomic mass is 35.5. The number of hydrazine groups is 1. The van der Waals surface area contributed by atoms with E-state index in [4.69, 9.17) is 11.6 Å². The zero-order valence-corrected chi connectivity index (χ0v) is 12.7. The van der Waals surface area contributed by atoms with Crippen LogP contribution in [0.3, 0.4) is 0 Å². The summed E-state index contributed by atoms with van der Waals surface area (Å²) in [6.07, 6.45) is 3.32. The standard InChI is InChI=1S/C15H20ClN3O/c1-12-3-4-13(11-14(12)16)5-6-15(20)17-19-9-7-18(2)8-10-19/h3-6,11H,7-10H2,1-2H3,(H,17,20)/b6-5+. The van der Waals surface area contributed by atoms with Gasteiger partial charge >= 0.3 is 0 Å². The van der Waals surface area contributed by atoms with Crippen molar-refractivity contribution in [3.63, 3.8) is 0 Å². The summed E-state index contributed by atoms with van der Waals surface area (Å²) in [6, 6.07) is 5.75. The average molecular weight is 294 g/mol. The van der Waals surface area contributed by atoms with Crippen LogP contribution in [-0.2, 0) is 4.79 Å². The second-order valence-corrected chi connectivity index (χ2v) is 5.52. The van der Waals surface area contributed by atoms with Gasteiger partial charge in [0, 0.05) is 37.3 Å². The van der Waals surface area contributed by atoms with Gasteiger partial charge in [0.2, 0.25) is 0 Å². The molecule has 0 spiro atoms. The number of aryl methyl sites for hydroxylation is 1. The fourth-order valence-corrected chi connectivity index (χ4v) is 2.19. The van der Waals surface area contributed by atoms with Crippen molar-refractivity contribution in [3.8, 4) is 0 Å². The zero-order valence-electron chi connectivity index (χ0n) is 11.9. The van der Waals surface area contributed by atoms with E-state index in [0.29, 0.717) is 5.02 Å². The molecule has 0 aliphatic carbocycles. The number of benzene rings is 1. The van der Waals surface area contributed by atoms with Gasteiger partial charge in [0.15, 0.2) is 0 Å². The van der Waals surface area contributed by atoms with Crippen LogP contribution in [0, 0.1) is 6.92 Å². The van der Waals surface area contributed by atoms with Crippen molar-refractivity contribution in [2.45, 2.75) is 6.92 Å². The molecule has 1 heterocycles. The highest BCUT2D eigenvalue weighted by Crippen LogP contribution is 2.17. The summed E-state index contributed by atoms with van der Waals surface area (Å²) < 4.78 is 0. The lowest BCUT2D eigenvalue weighted by molar-refractivity contribution is -0.121. The monoisotopic (exact) mass is 293 g/mol. The fourth-order valence-electron chi connectivity index (χ4n) is 2.00. The average Bonchev–Trinajstić information content (AvgIpc) is 2.43. The highest BCUT2D eigenvalue weighted by Gasteiger charge is 2.14. The molecule has 1 aliphatic rings. The Morgan fingerprint density at radius 3 is 2.65 bits per heavy atom. The number of carbonyl (C=O) groups is 1. The molecule has 0 radical (unpaired) electrons. The van der Waals surface area contributed by atoms with E-state index < -0.39 is 0 Å². The van der Waals surface area contributed by atoms with Crippen LogP contribution in [0.4, 0.5) is 0 Å². The third kappa shape index (κ3) is 4.34. The lowest BCUT2D eigenvalue weighted by Crippen LogP contribution is -2.52. The molecule has 0 unspecified atom stereocenters. The van der Waals surface area contributed by atoms with Crippen LogP contribution in [0.5, 0.6) is 0 Å². The van der Waals surface area contributed by atoms with Crippen molar-refractivity contribution in [2.24, 2.45) is 0 Å². The smallest absolute Gasteiger partial charge is 0.258 e. The molecule has 4 nitrogen and oxygen atoms in total. The van der Waals surface area contributed by atoms with Gasteiger partial charge in [-0.3, -0.25) is 10.2 Å². The molecule has 20 heavy (non-hydrogen) atoms. The van der Waals surface area contributed by atoms with Crippen molar-refractivity contribution in [1.82, 2.24) is 15.3 Å². The minimum atomic E-state index is -0.105. The van der Waals surface area contributed by atoms with Gasteiger partial charge < -0.3 is 4.90 Å². The van der Waals surface area contributed by atoms with Crippen LogP contribution < -0.4 is 5.43 Å². The summed E-state index contributed by atoms with van der Waals surface area (Å²) in [5, 5.41) is 2.67. The van der Waals surface area contributed by atoms with Crippen LogP contribution in [0.2, 0.25) is 5.02 Å². The van der Waals surface area contributed by atoms with Crippen LogP contribution >= 0.6 is 11.6 Å². The number of amides is 1. The molecule has 2 rings (SSSR count). The molecule has 1 aromatic rings. The van der Waals surface area contributed by atoms with Crippen LogP contribution in [-0.4, -0.2) is 49.0 Å². The Balaban J connectivity index is 1.87. The van der Waals surface area contributed by atoms with E-state index in [2.05, 4.69) is 17.4 Å². The van der Waals surface area contributed by atoms with E-state index in [9.17, 15) is 4.79 Å². The summed E-state index contributed by atoms with van der Waals surface area (Å²) in [5.41, 5.74) is 4.84. The largest absolute Gasteiger partial charge is 0.304 e. The lowest BCUT2D eigenvalue weighted by atomic mass is 10.1. The zero-order chi connectivity index (χ0) is 14.5. The number of halogens is 1. The Morgan fingerprint density at radius 1 is 1.30 bits per heavy atom. The summed E-state index contributed by atoms with van der Waals surface area (Å²) in [4.78, 5) is 14.1. The number of carbonyl (C=O) groups excluding carboxylic acids is 1. The van der Waals surface area contributed by atoms with Crippen molar-refractivity contribution in [2.75, 3.05) is 33.2 Å². The molecular weight excluding hydrogens is 274 g/mol. The predicted octanol–water partition coefficient (Wildman–Crippen LogP) is 1.94. The normalized spacial score (nSPS) is 17.6. The van der Waals surface area contributed by atoms with Gasteiger partial charge in [-0.2, -0.15) is 0 Å². The van der Waals surface area contributed by atoms with Crippen LogP contribution in [0.15, 0.2) is 24.3 Å². The number of piperazine rings is 1. The highest BCUT2D eigenvalue weighted by molar-refractivity contribution is 6.31. The molecule has 1 amide bonds. The number of nitrogens with one attached hydrogen (secondary N) is 1. The number of hydrogen-bond acceptors (Lipinski definition) is 3. The lowest BCUT2D eigenvalue weighted by Gasteiger charge is -2.31. The summed E-state index contributed by atoms with van der Waals surface area (Å²) in [7, 11) is 2.08. The van der Waals surface area contributed by atoms with Crippen LogP contribution in [0.1, 0.15) is 11.1 Å². The fraction of sp³-hybridized carbons (Fsp3) is 0.400. The second kappa shape index (κ2) is 6.88. The minimum Gasteiger partial charge on any atom is -0.304 e. The van der Waals surface area contributed by atoms with E-state index in [1.54, 1.807) is 12.2 Å². The first-order valence-corrected chi connectivity index (χ1v) is 7.11. The summed E-state index contributed by atoms with van der Waals surface area (Å²) in [5.74, 6) is -0.105. The molecule has 1 saturated heterocycles. The Hall–Kier alpha value is -1.36. The number of rotatable bonds is 3. The Labute approximate surface area is 125 Å². The van der Waals surface area contributed by atoms with E-state index >= 15 is 0 Å². The minimum absolute atomic E-state index is 0.105. The maximum absolute atomic E-state index is 11.8. The predicted molar refractivity (Wildman–Crippen MR) is 82.4 cm³/mol. The molecule has 5 heteroatoms. The van der Waals surface area contributed by atoms with Gasteiger partial charge in [0.25, 0.3) is 5.91 Å². The third-order valence-corrected chi connectivity index (χ3v) is 3.80. The summed E-state index contributed by atoms with van der Waals surface area (Å²) in [6.45, 7) is 5.60. The molecule has 1 aliphatic heterocycles. The van der Waals surface area contributed by atoms with Crippen LogP contribution in [0.25, 0.3) is 6.08 Å². The van der Waals surface area contributed by atoms with E-state index in [-0.39, 0.29) is 5.91 Å². The van der Waals surface area contributed by atoms with Gasteiger partial charge in [-0.25, -0.2) is 5.01 Å². The first-order valence-electron chi connectivity index (χ1n) is 6.73. The topological polar surface area (TPSA) is 35.6 Å². The SMILES string of the molecule is Cc1ccc(/C=C/C(=O)NN2CCN(C)CC2)cc1Cl. The molecule has 1 fully saturated rings. The summed E-state index contributed by atoms with van der Waals surface area (Å²) >= 11 is 6.05. The molecule has 108 valence electrons. The van der Waals surface area contributed by atoms with Gasteiger partial charge in [0.1, 0.15) is 0 Å². The van der Waals surface area contributed by atoms with Gasteiger partial charge in [-0.1, -0.05) is 23.7 Å². The first-order chi connectivity index (χ1) is 9.54. The number of hydrogen-bond donors (Lipinski definition) is 1. The molecule has 1 aromatic carbocycles. The van der Waals surface area contributed by atoms with Crippen molar-refractivity contribution in [1.29, 1.82) is 0 Å². The maximum atomic E-state index is 11.8.